The Hall–Kier alpha value is -7.31. The molecule has 7 aromatic rings. The van der Waals surface area contributed by atoms with E-state index in [9.17, 15) is 38.4 Å². The van der Waals surface area contributed by atoms with Crippen LogP contribution in [0.2, 0.25) is 0 Å². The summed E-state index contributed by atoms with van der Waals surface area (Å²) in [6, 6.07) is -0.180. The van der Waals surface area contributed by atoms with Crippen molar-refractivity contribution < 1.29 is 43.1 Å². The Bertz CT molecular complexity index is 3540. The predicted octanol–water partition coefficient (Wildman–Crippen LogP) is 5.73. The lowest BCUT2D eigenvalue weighted by Crippen LogP contribution is -2.62. The minimum atomic E-state index is -1.01. The van der Waals surface area contributed by atoms with Crippen molar-refractivity contribution in [1.82, 2.24) is 71.7 Å². The number of ether oxygens (including phenoxy) is 1. The Kier molecular flexibility index (Phi) is 16.1. The summed E-state index contributed by atoms with van der Waals surface area (Å²) in [7, 11) is 1.47. The lowest BCUT2D eigenvalue weighted by atomic mass is 10.0. The molecule has 0 aromatic carbocycles. The SMILES string of the molecule is CNC(=O)C[C@@H]1NC(=O)c2csc(n2)-c2ccc(-c3nc(C(=O)OC[C@@H]4NC(=O)[C@@H]5CCCN5C4=O)cs3)nc2-c2csc(n2)-c2csc(n2)[C@H](C(C)C)NC(=O)CNC(=O)c2csc(n2)[C@H](C(C)C)NC(=O)c2nc1sc2C. The molecule has 79 heavy (non-hydrogen) atoms. The van der Waals surface area contributed by atoms with Crippen molar-refractivity contribution in [3.8, 4) is 43.4 Å². The highest BCUT2D eigenvalue weighted by atomic mass is 32.1. The lowest BCUT2D eigenvalue weighted by Gasteiger charge is -2.34. The van der Waals surface area contributed by atoms with Gasteiger partial charge in [-0.3, -0.25) is 33.6 Å². The minimum Gasteiger partial charge on any atom is -0.458 e. The molecule has 10 bridgehead atoms. The second kappa shape index (κ2) is 23.2. The van der Waals surface area contributed by atoms with E-state index in [0.717, 1.165) is 29.1 Å². The average molecular weight is 1180 g/mol. The van der Waals surface area contributed by atoms with E-state index < -0.39 is 65.7 Å². The molecule has 2 fully saturated rings. The summed E-state index contributed by atoms with van der Waals surface area (Å²) in [5.74, 6) is -4.20. The Morgan fingerprint density at radius 1 is 0.671 bits per heavy atom. The van der Waals surface area contributed by atoms with Gasteiger partial charge in [0, 0.05) is 50.9 Å². The Labute approximate surface area is 474 Å². The highest BCUT2D eigenvalue weighted by Gasteiger charge is 2.43. The van der Waals surface area contributed by atoms with Crippen LogP contribution in [0.25, 0.3) is 43.4 Å². The number of fused-ring (bicyclic) bond motifs is 15. The number of amides is 7. The third-order valence-corrected chi connectivity index (χ3v) is 18.6. The van der Waals surface area contributed by atoms with Crippen LogP contribution in [0.4, 0.5) is 0 Å². The smallest absolute Gasteiger partial charge is 0.357 e. The number of aryl methyl sites for hydroxylation is 1. The molecule has 0 aliphatic carbocycles. The second-order valence-electron chi connectivity index (χ2n) is 19.2. The number of thiazole rings is 6. The van der Waals surface area contributed by atoms with Gasteiger partial charge in [-0.15, -0.1) is 68.0 Å². The zero-order valence-corrected chi connectivity index (χ0v) is 47.9. The summed E-state index contributed by atoms with van der Waals surface area (Å²) in [4.78, 5) is 143. The van der Waals surface area contributed by atoms with Crippen molar-refractivity contribution in [3.63, 3.8) is 0 Å². The molecule has 23 nitrogen and oxygen atoms in total. The van der Waals surface area contributed by atoms with Gasteiger partial charge in [0.1, 0.15) is 82.9 Å². The van der Waals surface area contributed by atoms with Crippen LogP contribution in [0.5, 0.6) is 0 Å². The van der Waals surface area contributed by atoms with Gasteiger partial charge < -0.3 is 41.5 Å². The highest BCUT2D eigenvalue weighted by molar-refractivity contribution is 7.15. The van der Waals surface area contributed by atoms with E-state index in [1.54, 1.807) is 35.2 Å². The zero-order chi connectivity index (χ0) is 55.8. The van der Waals surface area contributed by atoms with Crippen molar-refractivity contribution >= 4 is 115 Å². The normalized spacial score (nSPS) is 20.0. The molecule has 7 aromatic heterocycles. The van der Waals surface area contributed by atoms with Crippen molar-refractivity contribution in [2.45, 2.75) is 84.1 Å². The van der Waals surface area contributed by atoms with Crippen molar-refractivity contribution in [1.29, 1.82) is 0 Å². The molecule has 5 atom stereocenters. The summed E-state index contributed by atoms with van der Waals surface area (Å²) < 4.78 is 5.50. The molecule has 2 saturated heterocycles. The number of hydrogen-bond acceptors (Lipinski definition) is 22. The molecular formula is C50H50N14O9S6. The van der Waals surface area contributed by atoms with Gasteiger partial charge in [-0.25, -0.2) is 39.7 Å². The fraction of sp³-hybridized carbons (Fsp3) is 0.380. The van der Waals surface area contributed by atoms with E-state index in [1.807, 2.05) is 33.1 Å². The number of aromatic nitrogens is 7. The summed E-state index contributed by atoms with van der Waals surface area (Å²) >= 11 is 7.30. The number of hydrogen-bond donors (Lipinski definition) is 6. The van der Waals surface area contributed by atoms with E-state index in [2.05, 4.69) is 46.9 Å². The molecule has 7 amide bonds. The number of carbonyl (C=O) groups excluding carboxylic acids is 8. The van der Waals surface area contributed by atoms with Gasteiger partial charge in [-0.2, -0.15) is 0 Å². The summed E-state index contributed by atoms with van der Waals surface area (Å²) in [6.07, 6.45) is 1.10. The average Bonchev–Trinajstić information content (AvgIpc) is 4.39. The molecule has 3 aliphatic rings. The quantitative estimate of drug-likeness (QED) is 0.0989. The van der Waals surface area contributed by atoms with E-state index in [1.165, 1.54) is 62.7 Å². The third kappa shape index (κ3) is 11.7. The maximum Gasteiger partial charge on any atom is 0.357 e. The molecule has 10 rings (SSSR count). The van der Waals surface area contributed by atoms with Crippen molar-refractivity contribution in [3.05, 3.63) is 81.7 Å². The standard InChI is InChI=1S/C50H50N14O9S6/c1-20(2)35-47-59-30(18-78-47)45-56-27(15-75-45)38-23(9-10-24(53-38)44-60-31(19-76-44)50(72)73-14-26-49(71)64-11-7-8-32(64)41(69)55-26)43-57-29(17-74-43)40(68)54-25(12-33(65)51-6)46-63-37(22(5)79-46)42(70)62-36(21(3)4)48-58-28(16-77-48)39(67)52-13-34(66)61-35/h9-10,15-21,25-26,32,35-36H,7-8,11-14H2,1-6H3,(H,51,65)(H,52,67)(H,54,68)(H,55,69)(H,61,66)(H,62,70)/t25-,26-,32-,35-,36-/m0/s1. The van der Waals surface area contributed by atoms with Crippen LogP contribution in [0.1, 0.15) is 127 Å². The molecule has 0 unspecified atom stereocenters. The van der Waals surface area contributed by atoms with E-state index in [0.29, 0.717) is 76.2 Å². The van der Waals surface area contributed by atoms with E-state index in [4.69, 9.17) is 24.7 Å². The molecule has 0 radical (unpaired) electrons. The molecule has 0 spiro atoms. The number of piperazine rings is 1. The van der Waals surface area contributed by atoms with Crippen LogP contribution < -0.4 is 31.9 Å². The van der Waals surface area contributed by atoms with Gasteiger partial charge in [-0.1, -0.05) is 27.7 Å². The topological polar surface area (TPSA) is 311 Å². The Morgan fingerprint density at radius 2 is 1.33 bits per heavy atom. The zero-order valence-electron chi connectivity index (χ0n) is 43.0. The fourth-order valence-electron chi connectivity index (χ4n) is 8.88. The molecule has 29 heteroatoms. The van der Waals surface area contributed by atoms with Crippen LogP contribution in [-0.2, 0) is 23.9 Å². The van der Waals surface area contributed by atoms with Crippen molar-refractivity contribution in [2.75, 3.05) is 26.7 Å². The number of carbonyl (C=O) groups is 8. The minimum absolute atomic E-state index is 0.0296. The monoisotopic (exact) mass is 1180 g/mol. The predicted molar refractivity (Wildman–Crippen MR) is 297 cm³/mol. The first-order chi connectivity index (χ1) is 37.9. The van der Waals surface area contributed by atoms with Crippen LogP contribution in [-0.4, -0.2) is 126 Å². The largest absolute Gasteiger partial charge is 0.458 e. The van der Waals surface area contributed by atoms with Gasteiger partial charge in [0.2, 0.25) is 23.6 Å². The molecular weight excluding hydrogens is 1130 g/mol. The maximum absolute atomic E-state index is 14.2. The number of rotatable bonds is 8. The lowest BCUT2D eigenvalue weighted by molar-refractivity contribution is -0.148. The molecule has 10 heterocycles. The van der Waals surface area contributed by atoms with Crippen LogP contribution in [0, 0.1) is 18.8 Å². The Morgan fingerprint density at radius 3 is 2.09 bits per heavy atom. The summed E-state index contributed by atoms with van der Waals surface area (Å²) in [5.41, 5.74) is 2.35. The second-order valence-corrected chi connectivity index (χ2v) is 24.8. The van der Waals surface area contributed by atoms with Gasteiger partial charge >= 0.3 is 5.97 Å². The first kappa shape index (κ1) is 55.0. The summed E-state index contributed by atoms with van der Waals surface area (Å²) in [6.45, 7) is 9.15. The number of nitrogens with zero attached hydrogens (tertiary/aromatic N) is 8. The van der Waals surface area contributed by atoms with Crippen LogP contribution in [0.3, 0.4) is 0 Å². The molecule has 410 valence electrons. The summed E-state index contributed by atoms with van der Waals surface area (Å²) in [5, 5.41) is 27.8. The molecule has 3 aliphatic heterocycles. The third-order valence-electron chi connectivity index (χ3n) is 13.0. The molecule has 6 N–H and O–H groups in total. The number of esters is 1. The van der Waals surface area contributed by atoms with Crippen LogP contribution >= 0.6 is 68.0 Å². The van der Waals surface area contributed by atoms with E-state index >= 15 is 0 Å². The Balaban J connectivity index is 0.983. The first-order valence-electron chi connectivity index (χ1n) is 24.9. The number of pyridine rings is 1. The molecule has 0 saturated carbocycles. The fourth-order valence-corrected chi connectivity index (χ4v) is 14.3. The van der Waals surface area contributed by atoms with Gasteiger partial charge in [0.05, 0.1) is 36.8 Å². The van der Waals surface area contributed by atoms with Gasteiger partial charge in [0.25, 0.3) is 17.7 Å². The number of nitrogens with one attached hydrogen (secondary N) is 6. The van der Waals surface area contributed by atoms with E-state index in [-0.39, 0.29) is 66.0 Å². The first-order valence-corrected chi connectivity index (χ1v) is 30.1. The van der Waals surface area contributed by atoms with Crippen molar-refractivity contribution in [2.24, 2.45) is 11.8 Å². The van der Waals surface area contributed by atoms with Gasteiger partial charge in [-0.05, 0) is 43.7 Å². The van der Waals surface area contributed by atoms with Gasteiger partial charge in [0.15, 0.2) is 5.69 Å². The maximum atomic E-state index is 14.2. The van der Waals surface area contributed by atoms with Crippen LogP contribution in [0.15, 0.2) is 39.0 Å². The highest BCUT2D eigenvalue weighted by Crippen LogP contribution is 2.39.